The molecule has 0 saturated carbocycles. The van der Waals surface area contributed by atoms with Crippen molar-refractivity contribution in [3.63, 3.8) is 0 Å². The standard InChI is InChI=1S/C14H28N2O4S/c1-14(2,8-7-13(17)18)9-10-15-21(19,20)16-11-5-3-4-6-12-16/h15H,3-12H2,1-2H3,(H,17,18). The second-order valence-corrected chi connectivity index (χ2v) is 8.28. The summed E-state index contributed by atoms with van der Waals surface area (Å²) in [6.07, 6.45) is 5.32. The third kappa shape index (κ3) is 7.24. The molecule has 7 heteroatoms. The molecule has 1 fully saturated rings. The van der Waals surface area contributed by atoms with Gasteiger partial charge in [-0.25, -0.2) is 4.72 Å². The van der Waals surface area contributed by atoms with Gasteiger partial charge >= 0.3 is 5.97 Å². The molecule has 0 amide bonds. The Morgan fingerprint density at radius 1 is 1.14 bits per heavy atom. The summed E-state index contributed by atoms with van der Waals surface area (Å²) in [6.45, 7) is 5.48. The fourth-order valence-corrected chi connectivity index (χ4v) is 3.74. The van der Waals surface area contributed by atoms with E-state index < -0.39 is 16.2 Å². The largest absolute Gasteiger partial charge is 0.481 e. The number of carboxylic acid groups (broad SMARTS) is 1. The molecule has 0 unspecified atom stereocenters. The number of rotatable bonds is 8. The van der Waals surface area contributed by atoms with Gasteiger partial charge in [-0.2, -0.15) is 12.7 Å². The molecule has 124 valence electrons. The number of hydrogen-bond donors (Lipinski definition) is 2. The minimum absolute atomic E-state index is 0.117. The first-order valence-corrected chi connectivity index (χ1v) is 9.13. The lowest BCUT2D eigenvalue weighted by Crippen LogP contribution is -2.42. The average Bonchev–Trinajstić information content (AvgIpc) is 2.65. The van der Waals surface area contributed by atoms with Crippen molar-refractivity contribution < 1.29 is 18.3 Å². The van der Waals surface area contributed by atoms with Crippen LogP contribution in [0.15, 0.2) is 0 Å². The summed E-state index contributed by atoms with van der Waals surface area (Å²) in [6, 6.07) is 0. The van der Waals surface area contributed by atoms with Crippen molar-refractivity contribution in [1.82, 2.24) is 9.03 Å². The minimum atomic E-state index is -3.39. The number of carboxylic acids is 1. The van der Waals surface area contributed by atoms with Crippen LogP contribution in [0.1, 0.15) is 58.8 Å². The highest BCUT2D eigenvalue weighted by Crippen LogP contribution is 2.26. The van der Waals surface area contributed by atoms with Crippen LogP contribution in [0.5, 0.6) is 0 Å². The number of aliphatic carboxylic acids is 1. The van der Waals surface area contributed by atoms with E-state index >= 15 is 0 Å². The number of nitrogens with one attached hydrogen (secondary N) is 1. The number of hydrogen-bond acceptors (Lipinski definition) is 3. The van der Waals surface area contributed by atoms with Gasteiger partial charge in [-0.1, -0.05) is 26.7 Å². The first kappa shape index (κ1) is 18.4. The maximum Gasteiger partial charge on any atom is 0.303 e. The van der Waals surface area contributed by atoms with Crippen LogP contribution in [-0.4, -0.2) is 43.4 Å². The Kier molecular flexibility index (Phi) is 7.09. The van der Waals surface area contributed by atoms with Crippen LogP contribution in [0.2, 0.25) is 0 Å². The SMILES string of the molecule is CC(C)(CCNS(=O)(=O)N1CCCCCC1)CCC(=O)O. The Bertz CT molecular complexity index is 426. The smallest absolute Gasteiger partial charge is 0.303 e. The highest BCUT2D eigenvalue weighted by molar-refractivity contribution is 7.87. The molecule has 0 radical (unpaired) electrons. The second-order valence-electron chi connectivity index (χ2n) is 6.52. The van der Waals surface area contributed by atoms with Crippen molar-refractivity contribution in [2.75, 3.05) is 19.6 Å². The van der Waals surface area contributed by atoms with Crippen LogP contribution in [0.4, 0.5) is 0 Å². The Balaban J connectivity index is 2.40. The number of nitrogens with zero attached hydrogens (tertiary/aromatic N) is 1. The van der Waals surface area contributed by atoms with Gasteiger partial charge in [0.1, 0.15) is 0 Å². The van der Waals surface area contributed by atoms with Crippen LogP contribution in [0, 0.1) is 5.41 Å². The van der Waals surface area contributed by atoms with Gasteiger partial charge < -0.3 is 5.11 Å². The van der Waals surface area contributed by atoms with Crippen molar-refractivity contribution >= 4 is 16.2 Å². The first-order valence-electron chi connectivity index (χ1n) is 7.69. The zero-order chi connectivity index (χ0) is 15.9. The van der Waals surface area contributed by atoms with Crippen LogP contribution >= 0.6 is 0 Å². The third-order valence-corrected chi connectivity index (χ3v) is 5.62. The second kappa shape index (κ2) is 8.10. The van der Waals surface area contributed by atoms with Gasteiger partial charge in [0.25, 0.3) is 10.2 Å². The zero-order valence-electron chi connectivity index (χ0n) is 13.1. The lowest BCUT2D eigenvalue weighted by Gasteiger charge is -2.25. The van der Waals surface area contributed by atoms with Crippen LogP contribution in [0.25, 0.3) is 0 Å². The molecule has 6 nitrogen and oxygen atoms in total. The molecule has 21 heavy (non-hydrogen) atoms. The highest BCUT2D eigenvalue weighted by atomic mass is 32.2. The Morgan fingerprint density at radius 3 is 2.24 bits per heavy atom. The van der Waals surface area contributed by atoms with E-state index in [1.165, 1.54) is 4.31 Å². The summed E-state index contributed by atoms with van der Waals surface area (Å²) in [7, 11) is -3.39. The predicted molar refractivity (Wildman–Crippen MR) is 82.2 cm³/mol. The lowest BCUT2D eigenvalue weighted by molar-refractivity contribution is -0.137. The van der Waals surface area contributed by atoms with Crippen molar-refractivity contribution in [2.24, 2.45) is 5.41 Å². The van der Waals surface area contributed by atoms with Gasteiger partial charge in [0.2, 0.25) is 0 Å². The third-order valence-electron chi connectivity index (χ3n) is 4.01. The van der Waals surface area contributed by atoms with Crippen LogP contribution in [0.3, 0.4) is 0 Å². The summed E-state index contributed by atoms with van der Waals surface area (Å²) in [5.41, 5.74) is -0.181. The maximum atomic E-state index is 12.2. The summed E-state index contributed by atoms with van der Waals surface area (Å²) >= 11 is 0. The van der Waals surface area contributed by atoms with Crippen molar-refractivity contribution in [3.8, 4) is 0 Å². The normalized spacial score (nSPS) is 18.4. The first-order chi connectivity index (χ1) is 9.73. The van der Waals surface area contributed by atoms with E-state index in [-0.39, 0.29) is 11.8 Å². The fraction of sp³-hybridized carbons (Fsp3) is 0.929. The monoisotopic (exact) mass is 320 g/mol. The molecule has 0 aliphatic carbocycles. The Labute approximate surface area is 128 Å². The van der Waals surface area contributed by atoms with Gasteiger partial charge in [-0.15, -0.1) is 0 Å². The summed E-state index contributed by atoms with van der Waals surface area (Å²) in [5, 5.41) is 8.71. The van der Waals surface area contributed by atoms with E-state index in [9.17, 15) is 13.2 Å². The molecule has 0 aromatic heterocycles. The molecule has 0 aromatic rings. The fourth-order valence-electron chi connectivity index (χ4n) is 2.46. The van der Waals surface area contributed by atoms with Crippen molar-refractivity contribution in [2.45, 2.75) is 58.8 Å². The van der Waals surface area contributed by atoms with Gasteiger partial charge in [-0.05, 0) is 31.1 Å². The van der Waals surface area contributed by atoms with Gasteiger partial charge in [0.05, 0.1) is 0 Å². The number of carbonyl (C=O) groups is 1. The molecule has 0 bridgehead atoms. The molecule has 1 saturated heterocycles. The molecule has 2 N–H and O–H groups in total. The van der Waals surface area contributed by atoms with Crippen LogP contribution in [-0.2, 0) is 15.0 Å². The molecular formula is C14H28N2O4S. The molecule has 0 aromatic carbocycles. The lowest BCUT2D eigenvalue weighted by atomic mass is 9.84. The van der Waals surface area contributed by atoms with Gasteiger partial charge in [0.15, 0.2) is 0 Å². The molecule has 0 atom stereocenters. The Morgan fingerprint density at radius 2 is 1.71 bits per heavy atom. The Hall–Kier alpha value is -0.660. The molecule has 1 aliphatic rings. The van der Waals surface area contributed by atoms with Crippen molar-refractivity contribution in [3.05, 3.63) is 0 Å². The molecule has 1 rings (SSSR count). The predicted octanol–water partition coefficient (Wildman–Crippen LogP) is 1.98. The maximum absolute atomic E-state index is 12.2. The summed E-state index contributed by atoms with van der Waals surface area (Å²) in [4.78, 5) is 10.6. The van der Waals surface area contributed by atoms with E-state index in [0.717, 1.165) is 25.7 Å². The molecular weight excluding hydrogens is 292 g/mol. The van der Waals surface area contributed by atoms with Gasteiger partial charge in [-0.3, -0.25) is 4.79 Å². The van der Waals surface area contributed by atoms with E-state index in [4.69, 9.17) is 5.11 Å². The molecule has 1 heterocycles. The minimum Gasteiger partial charge on any atom is -0.481 e. The molecule has 0 spiro atoms. The highest BCUT2D eigenvalue weighted by Gasteiger charge is 2.24. The van der Waals surface area contributed by atoms with E-state index in [2.05, 4.69) is 4.72 Å². The summed E-state index contributed by atoms with van der Waals surface area (Å²) < 4.78 is 28.6. The topological polar surface area (TPSA) is 86.7 Å². The van der Waals surface area contributed by atoms with Crippen LogP contribution < -0.4 is 4.72 Å². The quantitative estimate of drug-likeness (QED) is 0.716. The van der Waals surface area contributed by atoms with E-state index in [1.54, 1.807) is 0 Å². The van der Waals surface area contributed by atoms with Crippen molar-refractivity contribution in [1.29, 1.82) is 0 Å². The van der Waals surface area contributed by atoms with Gasteiger partial charge in [0, 0.05) is 26.1 Å². The zero-order valence-corrected chi connectivity index (χ0v) is 13.9. The van der Waals surface area contributed by atoms with E-state index in [1.807, 2.05) is 13.8 Å². The average molecular weight is 320 g/mol. The summed E-state index contributed by atoms with van der Waals surface area (Å²) in [5.74, 6) is -0.812. The van der Waals surface area contributed by atoms with E-state index in [0.29, 0.717) is 32.5 Å². The molecule has 1 aliphatic heterocycles.